The lowest BCUT2D eigenvalue weighted by Crippen LogP contribution is -2.40. The Morgan fingerprint density at radius 1 is 1.25 bits per heavy atom. The number of hydrogen-bond acceptors (Lipinski definition) is 3. The van der Waals surface area contributed by atoms with Crippen LogP contribution < -0.4 is 5.73 Å². The Balaban J connectivity index is 1.78. The Morgan fingerprint density at radius 3 is 2.90 bits per heavy atom. The Kier molecular flexibility index (Phi) is 4.61. The Hall–Kier alpha value is -0.610. The maximum atomic E-state index is 6.14. The van der Waals surface area contributed by atoms with Crippen molar-refractivity contribution in [2.24, 2.45) is 5.73 Å². The van der Waals surface area contributed by atoms with Gasteiger partial charge in [-0.25, -0.2) is 0 Å². The van der Waals surface area contributed by atoms with Crippen LogP contribution in [0.3, 0.4) is 0 Å². The van der Waals surface area contributed by atoms with Gasteiger partial charge in [0, 0.05) is 36.7 Å². The first kappa shape index (κ1) is 14.3. The molecule has 3 rings (SSSR count). The highest BCUT2D eigenvalue weighted by molar-refractivity contribution is 6.30. The van der Waals surface area contributed by atoms with E-state index in [1.807, 2.05) is 12.1 Å². The molecule has 2 aliphatic heterocycles. The summed E-state index contributed by atoms with van der Waals surface area (Å²) in [5.74, 6) is 0. The van der Waals surface area contributed by atoms with Gasteiger partial charge in [-0.2, -0.15) is 0 Å². The zero-order chi connectivity index (χ0) is 13.9. The molecule has 2 heterocycles. The Bertz CT molecular complexity index is 451. The van der Waals surface area contributed by atoms with Crippen molar-refractivity contribution in [1.29, 1.82) is 0 Å². The Morgan fingerprint density at radius 2 is 2.10 bits per heavy atom. The monoisotopic (exact) mass is 293 g/mol. The van der Waals surface area contributed by atoms with E-state index in [0.717, 1.165) is 24.2 Å². The molecule has 1 aromatic rings. The van der Waals surface area contributed by atoms with E-state index in [4.69, 9.17) is 17.3 Å². The highest BCUT2D eigenvalue weighted by atomic mass is 35.5. The number of fused-ring (bicyclic) bond motifs is 1. The summed E-state index contributed by atoms with van der Waals surface area (Å²) in [4.78, 5) is 5.23. The molecule has 2 fully saturated rings. The van der Waals surface area contributed by atoms with Gasteiger partial charge in [0.05, 0.1) is 0 Å². The van der Waals surface area contributed by atoms with Gasteiger partial charge in [0.25, 0.3) is 0 Å². The standard InChI is InChI=1S/C16H24ClN3/c17-14-5-1-4-13(10-14)16(11-18)20-9-3-8-19-7-2-6-15(19)12-20/h1,4-5,10,15-16H,2-3,6-9,11-12,18H2. The van der Waals surface area contributed by atoms with Crippen LogP contribution >= 0.6 is 11.6 Å². The number of nitrogens with two attached hydrogens (primary N) is 1. The lowest BCUT2D eigenvalue weighted by Gasteiger charge is -2.32. The van der Waals surface area contributed by atoms with Gasteiger partial charge in [-0.3, -0.25) is 9.80 Å². The first-order chi connectivity index (χ1) is 9.78. The maximum absolute atomic E-state index is 6.14. The molecular weight excluding hydrogens is 270 g/mol. The van der Waals surface area contributed by atoms with E-state index in [0.29, 0.717) is 12.6 Å². The van der Waals surface area contributed by atoms with Crippen LogP contribution in [-0.2, 0) is 0 Å². The lowest BCUT2D eigenvalue weighted by molar-refractivity contribution is 0.176. The summed E-state index contributed by atoms with van der Waals surface area (Å²) in [5, 5.41) is 0.804. The largest absolute Gasteiger partial charge is 0.329 e. The lowest BCUT2D eigenvalue weighted by atomic mass is 10.0. The maximum Gasteiger partial charge on any atom is 0.0471 e. The van der Waals surface area contributed by atoms with E-state index in [-0.39, 0.29) is 0 Å². The van der Waals surface area contributed by atoms with Crippen LogP contribution in [0.1, 0.15) is 30.9 Å². The summed E-state index contributed by atoms with van der Waals surface area (Å²) in [6, 6.07) is 9.21. The third-order valence-corrected chi connectivity index (χ3v) is 4.97. The summed E-state index contributed by atoms with van der Waals surface area (Å²) >= 11 is 6.14. The molecule has 1 aromatic carbocycles. The fourth-order valence-electron chi connectivity index (χ4n) is 3.73. The van der Waals surface area contributed by atoms with E-state index in [2.05, 4.69) is 21.9 Å². The molecule has 2 unspecified atom stereocenters. The second-order valence-electron chi connectivity index (χ2n) is 5.99. The highest BCUT2D eigenvalue weighted by Crippen LogP contribution is 2.28. The third kappa shape index (κ3) is 3.01. The van der Waals surface area contributed by atoms with Crippen LogP contribution in [0.5, 0.6) is 0 Å². The molecule has 20 heavy (non-hydrogen) atoms. The van der Waals surface area contributed by atoms with Crippen LogP contribution in [0.25, 0.3) is 0 Å². The SMILES string of the molecule is NCC(c1cccc(Cl)c1)N1CCCN2CCCC2C1. The van der Waals surface area contributed by atoms with Crippen molar-refractivity contribution in [2.45, 2.75) is 31.3 Å². The van der Waals surface area contributed by atoms with Gasteiger partial charge < -0.3 is 5.73 Å². The van der Waals surface area contributed by atoms with Gasteiger partial charge in [0.2, 0.25) is 0 Å². The van der Waals surface area contributed by atoms with Crippen molar-refractivity contribution < 1.29 is 0 Å². The van der Waals surface area contributed by atoms with E-state index in [9.17, 15) is 0 Å². The van der Waals surface area contributed by atoms with Crippen molar-refractivity contribution in [3.8, 4) is 0 Å². The summed E-state index contributed by atoms with van der Waals surface area (Å²) in [6.07, 6.45) is 3.93. The van der Waals surface area contributed by atoms with E-state index in [1.165, 1.54) is 37.9 Å². The molecule has 2 atom stereocenters. The molecule has 0 aliphatic carbocycles. The molecule has 0 amide bonds. The molecule has 2 N–H and O–H groups in total. The number of rotatable bonds is 3. The summed E-state index contributed by atoms with van der Waals surface area (Å²) in [5.41, 5.74) is 7.33. The minimum absolute atomic E-state index is 0.300. The predicted octanol–water partition coefficient (Wildman–Crippen LogP) is 2.51. The molecule has 3 nitrogen and oxygen atoms in total. The number of hydrogen-bond donors (Lipinski definition) is 1. The smallest absolute Gasteiger partial charge is 0.0471 e. The Labute approximate surface area is 126 Å². The summed E-state index contributed by atoms with van der Waals surface area (Å²) in [6.45, 7) is 5.47. The van der Waals surface area contributed by atoms with Gasteiger partial charge in [-0.15, -0.1) is 0 Å². The van der Waals surface area contributed by atoms with Crippen molar-refractivity contribution in [1.82, 2.24) is 9.80 Å². The molecule has 0 radical (unpaired) electrons. The molecule has 0 bridgehead atoms. The average Bonchev–Trinajstić information content (AvgIpc) is 2.78. The summed E-state index contributed by atoms with van der Waals surface area (Å²) in [7, 11) is 0. The normalized spacial score (nSPS) is 26.2. The first-order valence-electron chi connectivity index (χ1n) is 7.71. The van der Waals surface area contributed by atoms with E-state index in [1.54, 1.807) is 0 Å². The molecule has 110 valence electrons. The zero-order valence-corrected chi connectivity index (χ0v) is 12.7. The molecule has 0 saturated carbocycles. The second kappa shape index (κ2) is 6.44. The molecule has 2 aliphatic rings. The highest BCUT2D eigenvalue weighted by Gasteiger charge is 2.31. The number of benzene rings is 1. The van der Waals surface area contributed by atoms with Gasteiger partial charge in [-0.1, -0.05) is 23.7 Å². The van der Waals surface area contributed by atoms with Crippen LogP contribution in [0.15, 0.2) is 24.3 Å². The van der Waals surface area contributed by atoms with Gasteiger partial charge >= 0.3 is 0 Å². The van der Waals surface area contributed by atoms with Crippen LogP contribution in [0, 0.1) is 0 Å². The minimum atomic E-state index is 0.300. The number of nitrogens with zero attached hydrogens (tertiary/aromatic N) is 2. The van der Waals surface area contributed by atoms with Crippen LogP contribution in [-0.4, -0.2) is 48.6 Å². The van der Waals surface area contributed by atoms with Crippen molar-refractivity contribution in [2.75, 3.05) is 32.7 Å². The van der Waals surface area contributed by atoms with Crippen LogP contribution in [0.2, 0.25) is 5.02 Å². The predicted molar refractivity (Wildman–Crippen MR) is 84.0 cm³/mol. The first-order valence-corrected chi connectivity index (χ1v) is 8.09. The molecule has 2 saturated heterocycles. The second-order valence-corrected chi connectivity index (χ2v) is 6.42. The molecule has 4 heteroatoms. The summed E-state index contributed by atoms with van der Waals surface area (Å²) < 4.78 is 0. The van der Waals surface area contributed by atoms with Crippen molar-refractivity contribution in [3.63, 3.8) is 0 Å². The van der Waals surface area contributed by atoms with Crippen molar-refractivity contribution >= 4 is 11.6 Å². The number of halogens is 1. The fraction of sp³-hybridized carbons (Fsp3) is 0.625. The molecule has 0 aromatic heterocycles. The van der Waals surface area contributed by atoms with E-state index < -0.39 is 0 Å². The minimum Gasteiger partial charge on any atom is -0.329 e. The van der Waals surface area contributed by atoms with Crippen LogP contribution in [0.4, 0.5) is 0 Å². The quantitative estimate of drug-likeness (QED) is 0.929. The van der Waals surface area contributed by atoms with Gasteiger partial charge in [-0.05, 0) is 50.0 Å². The van der Waals surface area contributed by atoms with E-state index >= 15 is 0 Å². The fourth-order valence-corrected chi connectivity index (χ4v) is 3.93. The topological polar surface area (TPSA) is 32.5 Å². The average molecular weight is 294 g/mol. The zero-order valence-electron chi connectivity index (χ0n) is 12.0. The molecular formula is C16H24ClN3. The third-order valence-electron chi connectivity index (χ3n) is 4.73. The van der Waals surface area contributed by atoms with Gasteiger partial charge in [0.15, 0.2) is 0 Å². The molecule has 0 spiro atoms. The van der Waals surface area contributed by atoms with Gasteiger partial charge in [0.1, 0.15) is 0 Å². The van der Waals surface area contributed by atoms with Crippen molar-refractivity contribution in [3.05, 3.63) is 34.9 Å².